The number of carboxylic acids is 1. The van der Waals surface area contributed by atoms with Crippen LogP contribution in [0.3, 0.4) is 0 Å². The summed E-state index contributed by atoms with van der Waals surface area (Å²) in [5.74, 6) is -1.60. The highest BCUT2D eigenvalue weighted by molar-refractivity contribution is 5.88. The second-order valence-electron chi connectivity index (χ2n) is 5.06. The van der Waals surface area contributed by atoms with Crippen molar-refractivity contribution in [2.45, 2.75) is 38.1 Å². The Kier molecular flexibility index (Phi) is 4.06. The monoisotopic (exact) mass is 278 g/mol. The van der Waals surface area contributed by atoms with Crippen molar-refractivity contribution in [3.05, 3.63) is 35.4 Å². The van der Waals surface area contributed by atoms with Crippen molar-refractivity contribution in [1.29, 1.82) is 0 Å². The van der Waals surface area contributed by atoms with Gasteiger partial charge in [-0.1, -0.05) is 24.3 Å². The third-order valence-electron chi connectivity index (χ3n) is 3.62. The smallest absolute Gasteiger partial charge is 0.326 e. The van der Waals surface area contributed by atoms with Crippen LogP contribution in [0.4, 0.5) is 0 Å². The molecule has 6 nitrogen and oxygen atoms in total. The van der Waals surface area contributed by atoms with Gasteiger partial charge in [0.25, 0.3) is 0 Å². The van der Waals surface area contributed by atoms with Gasteiger partial charge < -0.3 is 20.8 Å². The number of nitrogens with zero attached hydrogens (tertiary/aromatic N) is 1. The molecule has 0 bridgehead atoms. The highest BCUT2D eigenvalue weighted by atomic mass is 16.4. The molecule has 6 heteroatoms. The number of carbonyl (C=O) groups excluding carboxylic acids is 1. The minimum absolute atomic E-state index is 0.201. The molecule has 1 aromatic carbocycles. The van der Waals surface area contributed by atoms with E-state index in [9.17, 15) is 19.8 Å². The second-order valence-corrected chi connectivity index (χ2v) is 5.06. The number of carboxylic acid groups (broad SMARTS) is 1. The van der Waals surface area contributed by atoms with Crippen molar-refractivity contribution in [2.24, 2.45) is 5.73 Å². The van der Waals surface area contributed by atoms with Crippen LogP contribution in [0.2, 0.25) is 0 Å². The predicted molar refractivity (Wildman–Crippen MR) is 71.8 cm³/mol. The summed E-state index contributed by atoms with van der Waals surface area (Å²) in [6, 6.07) is 5.36. The summed E-state index contributed by atoms with van der Waals surface area (Å²) in [6.07, 6.45) is -0.766. The SMILES string of the molecule is CC(O)C(N)C(=O)N1Cc2ccccc2C[C@H]1C(=O)O. The van der Waals surface area contributed by atoms with E-state index in [-0.39, 0.29) is 13.0 Å². The van der Waals surface area contributed by atoms with Gasteiger partial charge >= 0.3 is 5.97 Å². The Balaban J connectivity index is 2.31. The zero-order valence-electron chi connectivity index (χ0n) is 11.2. The maximum absolute atomic E-state index is 12.2. The van der Waals surface area contributed by atoms with Crippen LogP contribution in [0.15, 0.2) is 24.3 Å². The van der Waals surface area contributed by atoms with Crippen LogP contribution >= 0.6 is 0 Å². The van der Waals surface area contributed by atoms with E-state index in [1.807, 2.05) is 24.3 Å². The van der Waals surface area contributed by atoms with E-state index in [4.69, 9.17) is 5.73 Å². The van der Waals surface area contributed by atoms with Gasteiger partial charge in [0.2, 0.25) is 5.91 Å². The van der Waals surface area contributed by atoms with Crippen molar-refractivity contribution in [2.75, 3.05) is 0 Å². The van der Waals surface area contributed by atoms with Crippen molar-refractivity contribution in [1.82, 2.24) is 4.90 Å². The lowest BCUT2D eigenvalue weighted by Gasteiger charge is -2.36. The van der Waals surface area contributed by atoms with E-state index in [1.54, 1.807) is 0 Å². The van der Waals surface area contributed by atoms with Crippen LogP contribution in [-0.2, 0) is 22.6 Å². The molecular weight excluding hydrogens is 260 g/mol. The van der Waals surface area contributed by atoms with Gasteiger partial charge in [0.1, 0.15) is 12.1 Å². The summed E-state index contributed by atoms with van der Waals surface area (Å²) in [5, 5.41) is 18.7. The first-order chi connectivity index (χ1) is 9.41. The number of carbonyl (C=O) groups is 2. The molecule has 0 radical (unpaired) electrons. The van der Waals surface area contributed by atoms with E-state index < -0.39 is 30.1 Å². The summed E-state index contributed by atoms with van der Waals surface area (Å²) in [4.78, 5) is 24.9. The molecule has 108 valence electrons. The summed E-state index contributed by atoms with van der Waals surface area (Å²) < 4.78 is 0. The fraction of sp³-hybridized carbons (Fsp3) is 0.429. The van der Waals surface area contributed by atoms with Crippen LogP contribution in [0.1, 0.15) is 18.1 Å². The van der Waals surface area contributed by atoms with Crippen LogP contribution < -0.4 is 5.73 Å². The van der Waals surface area contributed by atoms with E-state index >= 15 is 0 Å². The van der Waals surface area contributed by atoms with Gasteiger partial charge in [-0.05, 0) is 18.1 Å². The third kappa shape index (κ3) is 2.66. The average Bonchev–Trinajstić information content (AvgIpc) is 2.44. The molecule has 1 aliphatic rings. The molecule has 4 N–H and O–H groups in total. The molecule has 0 spiro atoms. The van der Waals surface area contributed by atoms with Gasteiger partial charge in [0.15, 0.2) is 0 Å². The Bertz CT molecular complexity index is 530. The molecule has 1 aromatic rings. The maximum Gasteiger partial charge on any atom is 0.326 e. The van der Waals surface area contributed by atoms with Crippen molar-refractivity contribution in [3.8, 4) is 0 Å². The molecule has 0 saturated heterocycles. The fourth-order valence-electron chi connectivity index (χ4n) is 2.37. The maximum atomic E-state index is 12.2. The van der Waals surface area contributed by atoms with Gasteiger partial charge in [0, 0.05) is 13.0 Å². The Morgan fingerprint density at radius 1 is 1.35 bits per heavy atom. The molecule has 0 fully saturated rings. The number of rotatable bonds is 3. The molecule has 2 unspecified atom stereocenters. The van der Waals surface area contributed by atoms with Crippen LogP contribution in [-0.4, -0.2) is 45.2 Å². The first-order valence-corrected chi connectivity index (χ1v) is 6.45. The number of hydrogen-bond donors (Lipinski definition) is 3. The number of amides is 1. The molecule has 20 heavy (non-hydrogen) atoms. The minimum atomic E-state index is -1.11. The van der Waals surface area contributed by atoms with E-state index in [2.05, 4.69) is 0 Å². The molecule has 1 heterocycles. The number of aliphatic carboxylic acids is 1. The van der Waals surface area contributed by atoms with Gasteiger partial charge in [0.05, 0.1) is 6.10 Å². The number of aliphatic hydroxyl groups is 1. The lowest BCUT2D eigenvalue weighted by atomic mass is 9.93. The molecule has 1 amide bonds. The number of fused-ring (bicyclic) bond motifs is 1. The number of benzene rings is 1. The van der Waals surface area contributed by atoms with Crippen LogP contribution in [0.25, 0.3) is 0 Å². The zero-order chi connectivity index (χ0) is 14.9. The highest BCUT2D eigenvalue weighted by Crippen LogP contribution is 2.24. The molecule has 0 aliphatic carbocycles. The lowest BCUT2D eigenvalue weighted by molar-refractivity contribution is -0.153. The zero-order valence-corrected chi connectivity index (χ0v) is 11.2. The topological polar surface area (TPSA) is 104 Å². The van der Waals surface area contributed by atoms with Gasteiger partial charge in [-0.3, -0.25) is 4.79 Å². The normalized spacial score (nSPS) is 20.9. The van der Waals surface area contributed by atoms with Crippen molar-refractivity contribution in [3.63, 3.8) is 0 Å². The van der Waals surface area contributed by atoms with Crippen molar-refractivity contribution >= 4 is 11.9 Å². The average molecular weight is 278 g/mol. The predicted octanol–water partition coefficient (Wildman–Crippen LogP) is -0.267. The van der Waals surface area contributed by atoms with Crippen molar-refractivity contribution < 1.29 is 19.8 Å². The quantitative estimate of drug-likeness (QED) is 0.706. The van der Waals surface area contributed by atoms with Crippen LogP contribution in [0, 0.1) is 0 Å². The largest absolute Gasteiger partial charge is 0.480 e. The first-order valence-electron chi connectivity index (χ1n) is 6.45. The Hall–Kier alpha value is -1.92. The summed E-state index contributed by atoms with van der Waals surface area (Å²) >= 11 is 0. The molecule has 2 rings (SSSR count). The van der Waals surface area contributed by atoms with E-state index in [1.165, 1.54) is 11.8 Å². The Morgan fingerprint density at radius 3 is 2.50 bits per heavy atom. The molecule has 3 atom stereocenters. The van der Waals surface area contributed by atoms with Crippen LogP contribution in [0.5, 0.6) is 0 Å². The second kappa shape index (κ2) is 5.60. The summed E-state index contributed by atoms with van der Waals surface area (Å²) in [5.41, 5.74) is 7.48. The lowest BCUT2D eigenvalue weighted by Crippen LogP contribution is -2.56. The van der Waals surface area contributed by atoms with Gasteiger partial charge in [-0.2, -0.15) is 0 Å². The third-order valence-corrected chi connectivity index (χ3v) is 3.62. The fourth-order valence-corrected chi connectivity index (χ4v) is 2.37. The van der Waals surface area contributed by atoms with E-state index in [0.29, 0.717) is 0 Å². The summed E-state index contributed by atoms with van der Waals surface area (Å²) in [7, 11) is 0. The molecule has 1 aliphatic heterocycles. The highest BCUT2D eigenvalue weighted by Gasteiger charge is 2.37. The number of nitrogens with two attached hydrogens (primary N) is 1. The molecular formula is C14H18N2O4. The number of aliphatic hydroxyl groups excluding tert-OH is 1. The van der Waals surface area contributed by atoms with E-state index in [0.717, 1.165) is 11.1 Å². The van der Waals surface area contributed by atoms with Gasteiger partial charge in [-0.25, -0.2) is 4.79 Å². The number of hydrogen-bond acceptors (Lipinski definition) is 4. The summed E-state index contributed by atoms with van der Waals surface area (Å²) in [6.45, 7) is 1.61. The first kappa shape index (κ1) is 14.5. The Labute approximate surface area is 116 Å². The molecule has 0 aromatic heterocycles. The standard InChI is InChI=1S/C14H18N2O4/c1-8(17)12(15)13(18)16-7-10-5-3-2-4-9(10)6-11(16)14(19)20/h2-5,8,11-12,17H,6-7,15H2,1H3,(H,19,20)/t8?,11-,12?/m0/s1. The Morgan fingerprint density at radius 2 is 1.95 bits per heavy atom. The minimum Gasteiger partial charge on any atom is -0.480 e. The van der Waals surface area contributed by atoms with Gasteiger partial charge in [-0.15, -0.1) is 0 Å². The molecule has 0 saturated carbocycles.